The van der Waals surface area contributed by atoms with Crippen molar-refractivity contribution in [1.82, 2.24) is 15.0 Å². The van der Waals surface area contributed by atoms with Crippen LogP contribution in [0, 0.1) is 0 Å². The Morgan fingerprint density at radius 2 is 2.10 bits per heavy atom. The Labute approximate surface area is 119 Å². The number of aliphatic hydroxyl groups is 1. The molecule has 7 heteroatoms. The molecule has 1 unspecified atom stereocenters. The monoisotopic (exact) mass is 281 g/mol. The maximum Gasteiger partial charge on any atom is 0.323 e. The quantitative estimate of drug-likeness (QED) is 0.853. The first kappa shape index (κ1) is 14.8. The second kappa shape index (κ2) is 5.78. The molecule has 0 aliphatic carbocycles. The molecule has 1 aromatic rings. The highest BCUT2D eigenvalue weighted by molar-refractivity contribution is 5.39. The van der Waals surface area contributed by atoms with Gasteiger partial charge >= 0.3 is 6.01 Å². The third kappa shape index (κ3) is 3.69. The highest BCUT2D eigenvalue weighted by atomic mass is 16.5. The van der Waals surface area contributed by atoms with E-state index in [0.717, 1.165) is 19.4 Å². The van der Waals surface area contributed by atoms with E-state index in [1.54, 1.807) is 7.05 Å². The fourth-order valence-corrected chi connectivity index (χ4v) is 2.25. The lowest BCUT2D eigenvalue weighted by Crippen LogP contribution is -2.46. The Balaban J connectivity index is 2.25. The summed E-state index contributed by atoms with van der Waals surface area (Å²) in [5.74, 6) is 1.01. The SMILES string of the molecule is CNc1nc(OC(C)C)nc(N2CCCC(C)(O)C2)n1. The van der Waals surface area contributed by atoms with Gasteiger partial charge in [-0.05, 0) is 33.6 Å². The molecule has 0 saturated carbocycles. The Morgan fingerprint density at radius 1 is 1.35 bits per heavy atom. The van der Waals surface area contributed by atoms with Gasteiger partial charge in [-0.2, -0.15) is 15.0 Å². The van der Waals surface area contributed by atoms with E-state index in [4.69, 9.17) is 4.74 Å². The lowest BCUT2D eigenvalue weighted by atomic mass is 9.95. The summed E-state index contributed by atoms with van der Waals surface area (Å²) < 4.78 is 5.55. The first-order valence-corrected chi connectivity index (χ1v) is 6.97. The summed E-state index contributed by atoms with van der Waals surface area (Å²) in [6, 6.07) is 0.305. The molecule has 0 amide bonds. The van der Waals surface area contributed by atoms with Gasteiger partial charge in [-0.25, -0.2) is 0 Å². The molecule has 112 valence electrons. The number of β-amino-alcohol motifs (C(OH)–C–C–N with tert-alkyl or cyclic N) is 1. The van der Waals surface area contributed by atoms with Gasteiger partial charge in [0.25, 0.3) is 0 Å². The van der Waals surface area contributed by atoms with Crippen LogP contribution in [0.2, 0.25) is 0 Å². The van der Waals surface area contributed by atoms with Crippen LogP contribution in [-0.4, -0.2) is 51.9 Å². The average Bonchev–Trinajstić information content (AvgIpc) is 2.36. The highest BCUT2D eigenvalue weighted by Crippen LogP contribution is 2.25. The van der Waals surface area contributed by atoms with Crippen molar-refractivity contribution in [3.63, 3.8) is 0 Å². The topological polar surface area (TPSA) is 83.4 Å². The zero-order valence-electron chi connectivity index (χ0n) is 12.6. The van der Waals surface area contributed by atoms with Crippen LogP contribution >= 0.6 is 0 Å². The summed E-state index contributed by atoms with van der Waals surface area (Å²) >= 11 is 0. The minimum absolute atomic E-state index is 0.000537. The smallest absolute Gasteiger partial charge is 0.323 e. The molecule has 2 heterocycles. The zero-order valence-corrected chi connectivity index (χ0v) is 12.6. The molecule has 2 N–H and O–H groups in total. The Hall–Kier alpha value is -1.63. The van der Waals surface area contributed by atoms with Crippen molar-refractivity contribution in [2.75, 3.05) is 30.4 Å². The van der Waals surface area contributed by atoms with E-state index in [2.05, 4.69) is 20.3 Å². The predicted octanol–water partition coefficient (Wildman–Crippen LogP) is 1.05. The molecule has 1 atom stereocenters. The van der Waals surface area contributed by atoms with Crippen LogP contribution in [0.1, 0.15) is 33.6 Å². The molecule has 1 saturated heterocycles. The van der Waals surface area contributed by atoms with Crippen molar-refractivity contribution in [1.29, 1.82) is 0 Å². The minimum atomic E-state index is -0.705. The summed E-state index contributed by atoms with van der Waals surface area (Å²) in [6.45, 7) is 7.03. The highest BCUT2D eigenvalue weighted by Gasteiger charge is 2.30. The summed E-state index contributed by atoms with van der Waals surface area (Å²) in [5, 5.41) is 13.1. The van der Waals surface area contributed by atoms with Crippen molar-refractivity contribution in [2.24, 2.45) is 0 Å². The molecule has 2 rings (SSSR count). The van der Waals surface area contributed by atoms with Gasteiger partial charge in [-0.15, -0.1) is 0 Å². The first-order chi connectivity index (χ1) is 9.39. The summed E-state index contributed by atoms with van der Waals surface area (Å²) in [5.41, 5.74) is -0.705. The number of hydrogen-bond acceptors (Lipinski definition) is 7. The number of anilines is 2. The molecular weight excluding hydrogens is 258 g/mol. The molecule has 20 heavy (non-hydrogen) atoms. The number of piperidine rings is 1. The average molecular weight is 281 g/mol. The Kier molecular flexibility index (Phi) is 4.27. The zero-order chi connectivity index (χ0) is 14.8. The lowest BCUT2D eigenvalue weighted by molar-refractivity contribution is 0.0443. The fraction of sp³-hybridized carbons (Fsp3) is 0.769. The van der Waals surface area contributed by atoms with Crippen molar-refractivity contribution >= 4 is 11.9 Å². The van der Waals surface area contributed by atoms with E-state index in [9.17, 15) is 5.11 Å². The second-order valence-corrected chi connectivity index (χ2v) is 5.68. The molecule has 0 radical (unpaired) electrons. The number of nitrogens with zero attached hydrogens (tertiary/aromatic N) is 4. The van der Waals surface area contributed by atoms with Crippen LogP contribution in [0.25, 0.3) is 0 Å². The maximum absolute atomic E-state index is 10.2. The van der Waals surface area contributed by atoms with Crippen molar-refractivity contribution in [2.45, 2.75) is 45.3 Å². The molecule has 0 bridgehead atoms. The largest absolute Gasteiger partial charge is 0.461 e. The third-order valence-electron chi connectivity index (χ3n) is 3.13. The van der Waals surface area contributed by atoms with Gasteiger partial charge in [0.15, 0.2) is 0 Å². The van der Waals surface area contributed by atoms with Gasteiger partial charge in [-0.3, -0.25) is 0 Å². The van der Waals surface area contributed by atoms with Crippen LogP contribution in [0.4, 0.5) is 11.9 Å². The number of nitrogens with one attached hydrogen (secondary N) is 1. The Bertz CT molecular complexity index is 464. The molecular formula is C13H23N5O2. The summed E-state index contributed by atoms with van der Waals surface area (Å²) in [6.07, 6.45) is 1.70. The fourth-order valence-electron chi connectivity index (χ4n) is 2.25. The van der Waals surface area contributed by atoms with Crippen LogP contribution in [0.5, 0.6) is 6.01 Å². The van der Waals surface area contributed by atoms with Crippen molar-refractivity contribution in [3.05, 3.63) is 0 Å². The molecule has 1 aromatic heterocycles. The van der Waals surface area contributed by atoms with E-state index in [1.165, 1.54) is 0 Å². The summed E-state index contributed by atoms with van der Waals surface area (Å²) in [4.78, 5) is 14.8. The number of hydrogen-bond donors (Lipinski definition) is 2. The normalized spacial score (nSPS) is 23.0. The standard InChI is InChI=1S/C13H23N5O2/c1-9(2)20-12-16-10(14-4)15-11(17-12)18-7-5-6-13(3,19)8-18/h9,19H,5-8H2,1-4H3,(H,14,15,16,17). The number of aromatic nitrogens is 3. The van der Waals surface area contributed by atoms with Gasteiger partial charge in [0.05, 0.1) is 11.7 Å². The molecule has 0 aromatic carbocycles. The molecule has 1 aliphatic heterocycles. The first-order valence-electron chi connectivity index (χ1n) is 6.97. The maximum atomic E-state index is 10.2. The molecule has 1 aliphatic rings. The van der Waals surface area contributed by atoms with Crippen LogP contribution in [0.15, 0.2) is 0 Å². The summed E-state index contributed by atoms with van der Waals surface area (Å²) in [7, 11) is 1.75. The molecule has 7 nitrogen and oxygen atoms in total. The minimum Gasteiger partial charge on any atom is -0.461 e. The van der Waals surface area contributed by atoms with E-state index >= 15 is 0 Å². The van der Waals surface area contributed by atoms with E-state index in [0.29, 0.717) is 24.5 Å². The van der Waals surface area contributed by atoms with E-state index in [-0.39, 0.29) is 6.10 Å². The predicted molar refractivity (Wildman–Crippen MR) is 77.2 cm³/mol. The van der Waals surface area contributed by atoms with Gasteiger partial charge < -0.3 is 20.1 Å². The van der Waals surface area contributed by atoms with Gasteiger partial charge in [0, 0.05) is 20.1 Å². The van der Waals surface area contributed by atoms with Gasteiger partial charge in [0.2, 0.25) is 11.9 Å². The number of ether oxygens (including phenoxy) is 1. The number of rotatable bonds is 4. The van der Waals surface area contributed by atoms with Crippen molar-refractivity contribution < 1.29 is 9.84 Å². The van der Waals surface area contributed by atoms with Crippen LogP contribution in [0.3, 0.4) is 0 Å². The van der Waals surface area contributed by atoms with Crippen LogP contribution in [-0.2, 0) is 0 Å². The second-order valence-electron chi connectivity index (χ2n) is 5.68. The van der Waals surface area contributed by atoms with Crippen molar-refractivity contribution in [3.8, 4) is 6.01 Å². The van der Waals surface area contributed by atoms with Gasteiger partial charge in [0.1, 0.15) is 0 Å². The Morgan fingerprint density at radius 3 is 2.70 bits per heavy atom. The lowest BCUT2D eigenvalue weighted by Gasteiger charge is -2.36. The molecule has 0 spiro atoms. The van der Waals surface area contributed by atoms with E-state index < -0.39 is 5.60 Å². The van der Waals surface area contributed by atoms with Gasteiger partial charge in [-0.1, -0.05) is 0 Å². The third-order valence-corrected chi connectivity index (χ3v) is 3.13. The van der Waals surface area contributed by atoms with Crippen LogP contribution < -0.4 is 15.0 Å². The van der Waals surface area contributed by atoms with E-state index in [1.807, 2.05) is 25.7 Å². The molecule has 1 fully saturated rings.